The first-order valence-corrected chi connectivity index (χ1v) is 8.11. The molecule has 0 fully saturated rings. The molecule has 0 aliphatic heterocycles. The molecule has 0 aliphatic carbocycles. The van der Waals surface area contributed by atoms with E-state index in [2.05, 4.69) is 5.16 Å². The molecule has 4 nitrogen and oxygen atoms in total. The zero-order chi connectivity index (χ0) is 18.2. The smallest absolute Gasteiger partial charge is 0.198 e. The van der Waals surface area contributed by atoms with Gasteiger partial charge in [0.15, 0.2) is 17.3 Å². The van der Waals surface area contributed by atoms with E-state index in [1.807, 2.05) is 60.7 Å². The molecule has 1 N–H and O–H groups in total. The van der Waals surface area contributed by atoms with Crippen LogP contribution in [0.25, 0.3) is 0 Å². The van der Waals surface area contributed by atoms with Gasteiger partial charge in [-0.15, -0.1) is 0 Å². The van der Waals surface area contributed by atoms with Crippen molar-refractivity contribution in [2.24, 2.45) is 5.16 Å². The minimum atomic E-state index is -0.635. The molecule has 0 spiro atoms. The van der Waals surface area contributed by atoms with Crippen molar-refractivity contribution < 1.29 is 19.1 Å². The zero-order valence-electron chi connectivity index (χ0n) is 14.0. The third-order valence-corrected chi connectivity index (χ3v) is 3.75. The highest BCUT2D eigenvalue weighted by Gasteiger charge is 2.16. The predicted octanol–water partition coefficient (Wildman–Crippen LogP) is 4.79. The third kappa shape index (κ3) is 4.39. The molecular formula is C21H18FNO3. The first kappa shape index (κ1) is 17.5. The zero-order valence-corrected chi connectivity index (χ0v) is 14.0. The van der Waals surface area contributed by atoms with Gasteiger partial charge < -0.3 is 14.7 Å². The molecule has 0 amide bonds. The summed E-state index contributed by atoms with van der Waals surface area (Å²) in [6.07, 6.45) is 1.02. The summed E-state index contributed by atoms with van der Waals surface area (Å²) in [5.41, 5.74) is 1.98. The van der Waals surface area contributed by atoms with Crippen LogP contribution in [0, 0.1) is 5.82 Å². The minimum Gasteiger partial charge on any atom is -0.485 e. The van der Waals surface area contributed by atoms with Gasteiger partial charge in [-0.1, -0.05) is 65.8 Å². The van der Waals surface area contributed by atoms with Crippen LogP contribution in [0.4, 0.5) is 4.39 Å². The summed E-state index contributed by atoms with van der Waals surface area (Å²) in [5, 5.41) is 11.6. The fraction of sp³-hybridized carbons (Fsp3) is 0.0952. The first-order valence-electron chi connectivity index (χ1n) is 8.11. The average Bonchev–Trinajstić information content (AvgIpc) is 2.69. The van der Waals surface area contributed by atoms with Crippen molar-refractivity contribution >= 4 is 6.21 Å². The topological polar surface area (TPSA) is 51.1 Å². The summed E-state index contributed by atoms with van der Waals surface area (Å²) in [7, 11) is 0. The highest BCUT2D eigenvalue weighted by Crippen LogP contribution is 2.33. The van der Waals surface area contributed by atoms with Crippen molar-refractivity contribution in [2.75, 3.05) is 0 Å². The highest BCUT2D eigenvalue weighted by atomic mass is 19.1. The molecule has 0 saturated heterocycles. The van der Waals surface area contributed by atoms with E-state index >= 15 is 0 Å². The highest BCUT2D eigenvalue weighted by molar-refractivity contribution is 5.81. The molecule has 26 heavy (non-hydrogen) atoms. The lowest BCUT2D eigenvalue weighted by Gasteiger charge is -2.15. The van der Waals surface area contributed by atoms with Crippen molar-refractivity contribution in [1.29, 1.82) is 0 Å². The standard InChI is InChI=1S/C21H18FNO3/c22-20-18(13-23-24)11-12-19(25-14-16-7-3-1-4-8-16)21(20)26-15-17-9-5-2-6-10-17/h1-13,24H,14-15H2/b23-13+. The van der Waals surface area contributed by atoms with E-state index in [9.17, 15) is 4.39 Å². The Labute approximate surface area is 151 Å². The molecule has 132 valence electrons. The Morgan fingerprint density at radius 1 is 0.808 bits per heavy atom. The summed E-state index contributed by atoms with van der Waals surface area (Å²) in [4.78, 5) is 0. The number of ether oxygens (including phenoxy) is 2. The van der Waals surface area contributed by atoms with Gasteiger partial charge in [-0.05, 0) is 23.3 Å². The average molecular weight is 351 g/mol. The third-order valence-electron chi connectivity index (χ3n) is 3.75. The number of hydrogen-bond acceptors (Lipinski definition) is 4. The molecule has 0 radical (unpaired) electrons. The van der Waals surface area contributed by atoms with Crippen LogP contribution in [0.15, 0.2) is 78.0 Å². The van der Waals surface area contributed by atoms with Gasteiger partial charge in [0.1, 0.15) is 13.2 Å². The first-order chi connectivity index (χ1) is 12.8. The van der Waals surface area contributed by atoms with Crippen LogP contribution >= 0.6 is 0 Å². The normalized spacial score (nSPS) is 10.8. The van der Waals surface area contributed by atoms with Crippen LogP contribution in [-0.4, -0.2) is 11.4 Å². The molecule has 3 aromatic carbocycles. The van der Waals surface area contributed by atoms with E-state index in [-0.39, 0.29) is 30.3 Å². The van der Waals surface area contributed by atoms with Crippen LogP contribution < -0.4 is 9.47 Å². The maximum Gasteiger partial charge on any atom is 0.198 e. The van der Waals surface area contributed by atoms with E-state index in [0.717, 1.165) is 17.3 Å². The Morgan fingerprint density at radius 3 is 1.96 bits per heavy atom. The van der Waals surface area contributed by atoms with Crippen molar-refractivity contribution in [3.05, 3.63) is 95.3 Å². The second-order valence-corrected chi connectivity index (χ2v) is 5.59. The molecular weight excluding hydrogens is 333 g/mol. The van der Waals surface area contributed by atoms with Crippen LogP contribution in [0.3, 0.4) is 0 Å². The number of nitrogens with zero attached hydrogens (tertiary/aromatic N) is 1. The van der Waals surface area contributed by atoms with Crippen molar-refractivity contribution in [3.63, 3.8) is 0 Å². The summed E-state index contributed by atoms with van der Waals surface area (Å²) in [5.74, 6) is -0.358. The largest absolute Gasteiger partial charge is 0.485 e. The number of halogens is 1. The van der Waals surface area contributed by atoms with Crippen molar-refractivity contribution in [2.45, 2.75) is 13.2 Å². The molecule has 0 unspecified atom stereocenters. The second-order valence-electron chi connectivity index (χ2n) is 5.59. The predicted molar refractivity (Wildman–Crippen MR) is 97.3 cm³/mol. The van der Waals surface area contributed by atoms with E-state index in [4.69, 9.17) is 14.7 Å². The fourth-order valence-corrected chi connectivity index (χ4v) is 2.43. The molecule has 0 bridgehead atoms. The van der Waals surface area contributed by atoms with E-state index < -0.39 is 5.82 Å². The fourth-order valence-electron chi connectivity index (χ4n) is 2.43. The number of benzene rings is 3. The Morgan fingerprint density at radius 2 is 1.38 bits per heavy atom. The number of hydrogen-bond donors (Lipinski definition) is 1. The Hall–Kier alpha value is -3.34. The van der Waals surface area contributed by atoms with Crippen molar-refractivity contribution in [3.8, 4) is 11.5 Å². The van der Waals surface area contributed by atoms with Crippen molar-refractivity contribution in [1.82, 2.24) is 0 Å². The monoisotopic (exact) mass is 351 g/mol. The summed E-state index contributed by atoms with van der Waals surface area (Å²) < 4.78 is 26.2. The quantitative estimate of drug-likeness (QED) is 0.378. The Balaban J connectivity index is 1.83. The molecule has 0 aromatic heterocycles. The summed E-state index contributed by atoms with van der Waals surface area (Å²) in [6, 6.07) is 22.1. The van der Waals surface area contributed by atoms with E-state index in [1.165, 1.54) is 6.07 Å². The number of rotatable bonds is 7. The molecule has 3 aromatic rings. The second kappa shape index (κ2) is 8.67. The lowest BCUT2D eigenvalue weighted by atomic mass is 10.2. The van der Waals surface area contributed by atoms with Gasteiger partial charge in [0.25, 0.3) is 0 Å². The Bertz CT molecular complexity index is 867. The van der Waals surface area contributed by atoms with E-state index in [1.54, 1.807) is 6.07 Å². The van der Waals surface area contributed by atoms with Gasteiger partial charge in [0.2, 0.25) is 0 Å². The van der Waals surface area contributed by atoms with Gasteiger partial charge in [-0.2, -0.15) is 0 Å². The summed E-state index contributed by atoms with van der Waals surface area (Å²) in [6.45, 7) is 0.481. The number of oxime groups is 1. The molecule has 0 heterocycles. The molecule has 0 saturated carbocycles. The lowest BCUT2D eigenvalue weighted by molar-refractivity contribution is 0.245. The van der Waals surface area contributed by atoms with Gasteiger partial charge in [0.05, 0.1) is 6.21 Å². The lowest BCUT2D eigenvalue weighted by Crippen LogP contribution is -2.04. The maximum absolute atomic E-state index is 14.7. The molecule has 3 rings (SSSR count). The van der Waals surface area contributed by atoms with Crippen LogP contribution in [-0.2, 0) is 13.2 Å². The Kier molecular flexibility index (Phi) is 5.83. The van der Waals surface area contributed by atoms with Crippen LogP contribution in [0.5, 0.6) is 11.5 Å². The molecule has 5 heteroatoms. The van der Waals surface area contributed by atoms with Crippen LogP contribution in [0.2, 0.25) is 0 Å². The van der Waals surface area contributed by atoms with Gasteiger partial charge in [0, 0.05) is 5.56 Å². The molecule has 0 atom stereocenters. The maximum atomic E-state index is 14.7. The van der Waals surface area contributed by atoms with Gasteiger partial charge in [-0.25, -0.2) is 4.39 Å². The van der Waals surface area contributed by atoms with Gasteiger partial charge in [-0.3, -0.25) is 0 Å². The SMILES string of the molecule is O/N=C/c1ccc(OCc2ccccc2)c(OCc2ccccc2)c1F. The molecule has 0 aliphatic rings. The van der Waals surface area contributed by atoms with Gasteiger partial charge >= 0.3 is 0 Å². The van der Waals surface area contributed by atoms with E-state index in [0.29, 0.717) is 0 Å². The minimum absolute atomic E-state index is 0.0119. The van der Waals surface area contributed by atoms with Crippen LogP contribution in [0.1, 0.15) is 16.7 Å². The summed E-state index contributed by atoms with van der Waals surface area (Å²) >= 11 is 0.